The molecule has 2 heterocycles. The van der Waals surface area contributed by atoms with Crippen molar-refractivity contribution in [3.05, 3.63) is 0 Å². The number of imide groups is 1. The van der Waals surface area contributed by atoms with Crippen LogP contribution in [0, 0.1) is 11.3 Å². The predicted octanol–water partition coefficient (Wildman–Crippen LogP) is -0.426. The van der Waals surface area contributed by atoms with Gasteiger partial charge in [0.05, 0.1) is 12.5 Å². The first kappa shape index (κ1) is 10.9. The molecule has 0 aromatic heterocycles. The fourth-order valence-corrected chi connectivity index (χ4v) is 2.23. The molecule has 6 nitrogen and oxygen atoms in total. The maximum Gasteiger partial charge on any atom is 0.325 e. The molecule has 2 N–H and O–H groups in total. The summed E-state index contributed by atoms with van der Waals surface area (Å²) >= 11 is 0. The topological polar surface area (TPSA) is 85.2 Å². The van der Waals surface area contributed by atoms with E-state index in [1.54, 1.807) is 0 Å². The number of hydrogen-bond acceptors (Lipinski definition) is 4. The number of nitriles is 1. The average molecular weight is 222 g/mol. The third-order valence-electron chi connectivity index (χ3n) is 3.15. The number of nitrogens with zero attached hydrogens (tertiary/aromatic N) is 2. The van der Waals surface area contributed by atoms with E-state index in [0.29, 0.717) is 12.8 Å². The summed E-state index contributed by atoms with van der Waals surface area (Å²) in [6.45, 7) is 1.66. The zero-order chi connectivity index (χ0) is 11.6. The van der Waals surface area contributed by atoms with Crippen molar-refractivity contribution in [1.29, 1.82) is 5.26 Å². The Bertz CT molecular complexity index is 354. The van der Waals surface area contributed by atoms with Crippen LogP contribution >= 0.6 is 0 Å². The summed E-state index contributed by atoms with van der Waals surface area (Å²) in [6, 6.07) is 1.58. The first-order valence-corrected chi connectivity index (χ1v) is 5.41. The van der Waals surface area contributed by atoms with Gasteiger partial charge in [-0.25, -0.2) is 4.79 Å². The van der Waals surface area contributed by atoms with Crippen LogP contribution in [0.4, 0.5) is 4.79 Å². The fourth-order valence-electron chi connectivity index (χ4n) is 2.23. The highest BCUT2D eigenvalue weighted by Crippen LogP contribution is 2.26. The fraction of sp³-hybridized carbons (Fsp3) is 0.700. The van der Waals surface area contributed by atoms with E-state index in [4.69, 9.17) is 5.26 Å². The van der Waals surface area contributed by atoms with Crippen LogP contribution in [0.15, 0.2) is 0 Å². The molecule has 0 aliphatic carbocycles. The zero-order valence-corrected chi connectivity index (χ0v) is 8.95. The van der Waals surface area contributed by atoms with E-state index in [1.165, 1.54) is 0 Å². The summed E-state index contributed by atoms with van der Waals surface area (Å²) in [4.78, 5) is 24.9. The number of amides is 3. The van der Waals surface area contributed by atoms with Crippen LogP contribution in [0.2, 0.25) is 0 Å². The van der Waals surface area contributed by atoms with Crippen molar-refractivity contribution >= 4 is 11.9 Å². The van der Waals surface area contributed by atoms with Crippen LogP contribution in [0.25, 0.3) is 0 Å². The van der Waals surface area contributed by atoms with Crippen molar-refractivity contribution in [1.82, 2.24) is 15.5 Å². The Morgan fingerprint density at radius 1 is 1.38 bits per heavy atom. The molecule has 0 saturated carbocycles. The summed E-state index contributed by atoms with van der Waals surface area (Å²) in [6.07, 6.45) is 1.44. The third kappa shape index (κ3) is 1.63. The number of carbonyl (C=O) groups is 2. The zero-order valence-electron chi connectivity index (χ0n) is 8.95. The molecule has 1 spiro atoms. The maximum absolute atomic E-state index is 12.1. The number of carbonyl (C=O) groups excluding carboxylic acids is 2. The minimum Gasteiger partial charge on any atom is -0.323 e. The first-order chi connectivity index (χ1) is 7.69. The second kappa shape index (κ2) is 4.10. The van der Waals surface area contributed by atoms with Crippen molar-refractivity contribution in [2.45, 2.75) is 24.8 Å². The molecular weight excluding hydrogens is 208 g/mol. The molecule has 0 aromatic rings. The van der Waals surface area contributed by atoms with Crippen molar-refractivity contribution in [2.24, 2.45) is 0 Å². The molecule has 0 aromatic carbocycles. The lowest BCUT2D eigenvalue weighted by Crippen LogP contribution is -2.53. The summed E-state index contributed by atoms with van der Waals surface area (Å²) in [5.41, 5.74) is -0.711. The van der Waals surface area contributed by atoms with Gasteiger partial charge in [-0.1, -0.05) is 0 Å². The normalized spacial score (nSPS) is 23.3. The molecule has 86 valence electrons. The van der Waals surface area contributed by atoms with Gasteiger partial charge < -0.3 is 10.6 Å². The number of urea groups is 1. The number of nitrogens with one attached hydrogen (secondary N) is 2. The summed E-state index contributed by atoms with van der Waals surface area (Å²) in [5.74, 6) is -0.172. The molecule has 0 unspecified atom stereocenters. The largest absolute Gasteiger partial charge is 0.325 e. The van der Waals surface area contributed by atoms with Gasteiger partial charge in [0, 0.05) is 6.54 Å². The highest BCUT2D eigenvalue weighted by Gasteiger charge is 2.50. The lowest BCUT2D eigenvalue weighted by molar-refractivity contribution is -0.132. The number of rotatable bonds is 2. The van der Waals surface area contributed by atoms with Gasteiger partial charge in [-0.15, -0.1) is 0 Å². The number of piperidine rings is 1. The van der Waals surface area contributed by atoms with Gasteiger partial charge in [-0.3, -0.25) is 9.69 Å². The van der Waals surface area contributed by atoms with Crippen LogP contribution < -0.4 is 10.6 Å². The lowest BCUT2D eigenvalue weighted by atomic mass is 9.88. The Morgan fingerprint density at radius 3 is 2.69 bits per heavy atom. The molecule has 2 aliphatic rings. The summed E-state index contributed by atoms with van der Waals surface area (Å²) in [5, 5.41) is 14.4. The van der Waals surface area contributed by atoms with Crippen molar-refractivity contribution < 1.29 is 9.59 Å². The third-order valence-corrected chi connectivity index (χ3v) is 3.15. The maximum atomic E-state index is 12.1. The van der Waals surface area contributed by atoms with E-state index in [-0.39, 0.29) is 24.9 Å². The van der Waals surface area contributed by atoms with Gasteiger partial charge >= 0.3 is 6.03 Å². The standard InChI is InChI=1S/C10H14N4O2/c11-4-1-7-14-8(15)10(13-9(14)16)2-5-12-6-3-10/h12H,1-3,5-7H2,(H,13,16). The van der Waals surface area contributed by atoms with Crippen molar-refractivity contribution in [3.63, 3.8) is 0 Å². The molecule has 2 fully saturated rings. The van der Waals surface area contributed by atoms with Gasteiger partial charge in [-0.05, 0) is 25.9 Å². The predicted molar refractivity (Wildman–Crippen MR) is 55.3 cm³/mol. The Balaban J connectivity index is 2.12. The Hall–Kier alpha value is -1.61. The van der Waals surface area contributed by atoms with Crippen molar-refractivity contribution in [2.75, 3.05) is 19.6 Å². The average Bonchev–Trinajstić information content (AvgIpc) is 2.50. The Kier molecular flexibility index (Phi) is 2.79. The summed E-state index contributed by atoms with van der Waals surface area (Å²) < 4.78 is 0. The van der Waals surface area contributed by atoms with Gasteiger partial charge in [0.1, 0.15) is 5.54 Å². The van der Waals surface area contributed by atoms with Crippen molar-refractivity contribution in [3.8, 4) is 6.07 Å². The van der Waals surface area contributed by atoms with Crippen LogP contribution in [0.5, 0.6) is 0 Å². The van der Waals surface area contributed by atoms with Gasteiger partial charge in [0.15, 0.2) is 0 Å². The van der Waals surface area contributed by atoms with Gasteiger partial charge in [0.25, 0.3) is 5.91 Å². The highest BCUT2D eigenvalue weighted by molar-refractivity contribution is 6.07. The van der Waals surface area contributed by atoms with E-state index in [0.717, 1.165) is 18.0 Å². The van der Waals surface area contributed by atoms with Gasteiger partial charge in [-0.2, -0.15) is 5.26 Å². The monoisotopic (exact) mass is 222 g/mol. The van der Waals surface area contributed by atoms with E-state index >= 15 is 0 Å². The molecule has 6 heteroatoms. The minimum absolute atomic E-state index is 0.172. The van der Waals surface area contributed by atoms with Crippen LogP contribution in [0.1, 0.15) is 19.3 Å². The SMILES string of the molecule is N#CCCN1C(=O)NC2(CCNCC2)C1=O. The smallest absolute Gasteiger partial charge is 0.323 e. The summed E-state index contributed by atoms with van der Waals surface area (Å²) in [7, 11) is 0. The molecule has 2 saturated heterocycles. The van der Waals surface area contributed by atoms with Gasteiger partial charge in [0.2, 0.25) is 0 Å². The molecule has 0 radical (unpaired) electrons. The second-order valence-electron chi connectivity index (χ2n) is 4.13. The second-order valence-corrected chi connectivity index (χ2v) is 4.13. The van der Waals surface area contributed by atoms with Crippen LogP contribution in [-0.4, -0.2) is 42.0 Å². The Morgan fingerprint density at radius 2 is 2.06 bits per heavy atom. The number of hydrogen-bond donors (Lipinski definition) is 2. The quantitative estimate of drug-likeness (QED) is 0.621. The highest BCUT2D eigenvalue weighted by atomic mass is 16.2. The van der Waals surface area contributed by atoms with Crippen LogP contribution in [0.3, 0.4) is 0 Å². The van der Waals surface area contributed by atoms with E-state index in [2.05, 4.69) is 10.6 Å². The molecular formula is C10H14N4O2. The molecule has 3 amide bonds. The lowest BCUT2D eigenvalue weighted by Gasteiger charge is -2.30. The molecule has 16 heavy (non-hydrogen) atoms. The molecule has 2 aliphatic heterocycles. The molecule has 0 bridgehead atoms. The Labute approximate surface area is 93.6 Å². The molecule has 2 rings (SSSR count). The van der Waals surface area contributed by atoms with E-state index in [9.17, 15) is 9.59 Å². The van der Waals surface area contributed by atoms with Crippen LogP contribution in [-0.2, 0) is 4.79 Å². The van der Waals surface area contributed by atoms with E-state index < -0.39 is 5.54 Å². The first-order valence-electron chi connectivity index (χ1n) is 5.41. The molecule has 0 atom stereocenters. The minimum atomic E-state index is -0.711. The van der Waals surface area contributed by atoms with E-state index in [1.807, 2.05) is 6.07 Å².